The smallest absolute Gasteiger partial charge is 0.339 e. The van der Waals surface area contributed by atoms with Crippen molar-refractivity contribution in [2.75, 3.05) is 13.2 Å². The van der Waals surface area contributed by atoms with Gasteiger partial charge in [-0.2, -0.15) is 0 Å². The molecule has 1 heterocycles. The number of esters is 1. The molecule has 2 aromatic rings. The first kappa shape index (κ1) is 46.0. The van der Waals surface area contributed by atoms with Crippen molar-refractivity contribution < 1.29 is 63.3 Å². The van der Waals surface area contributed by atoms with Gasteiger partial charge in [-0.25, -0.2) is 4.79 Å². The number of carboxylic acids is 2. The van der Waals surface area contributed by atoms with E-state index in [2.05, 4.69) is 16.0 Å². The number of hydrogen-bond acceptors (Lipinski definition) is 12. The Kier molecular flexibility index (Phi) is 16.8. The molecular weight excluding hydrogens is 762 g/mol. The molecule has 1 saturated heterocycles. The largest absolute Gasteiger partial charge is 0.502 e. The van der Waals surface area contributed by atoms with Gasteiger partial charge in [-0.1, -0.05) is 38.1 Å². The first-order valence-electron chi connectivity index (χ1n) is 18.6. The van der Waals surface area contributed by atoms with E-state index in [-0.39, 0.29) is 36.4 Å². The molecule has 1 fully saturated rings. The number of nitro benzene ring substituents is 1. The molecule has 2 aromatic carbocycles. The zero-order chi connectivity index (χ0) is 43.3. The fraction of sp³-hybridized carbons (Fsp3) is 0.487. The minimum Gasteiger partial charge on any atom is -0.502 e. The maximum absolute atomic E-state index is 14.1. The Labute approximate surface area is 333 Å². The van der Waals surface area contributed by atoms with E-state index in [9.17, 15) is 63.8 Å². The first-order chi connectivity index (χ1) is 27.3. The number of aliphatic carboxylic acids is 2. The number of phenols is 1. The number of Topliss-reactive ketones (excluding diaryl/α,β-unsaturated/α-hetero) is 1. The number of carboxylic acid groups (broad SMARTS) is 2. The minimum absolute atomic E-state index is 0.00772. The number of carbonyl (C=O) groups excluding carboxylic acids is 6. The Hall–Kier alpha value is -6.40. The zero-order valence-corrected chi connectivity index (χ0v) is 32.6. The second-order valence-corrected chi connectivity index (χ2v) is 14.5. The molecule has 19 heteroatoms. The van der Waals surface area contributed by atoms with E-state index >= 15 is 0 Å². The Bertz CT molecular complexity index is 1890. The van der Waals surface area contributed by atoms with Gasteiger partial charge in [-0.15, -0.1) is 0 Å². The highest BCUT2D eigenvalue weighted by molar-refractivity contribution is 5.99. The first-order valence-corrected chi connectivity index (χ1v) is 18.6. The number of nitro groups is 1. The van der Waals surface area contributed by atoms with Crippen LogP contribution in [0.25, 0.3) is 0 Å². The van der Waals surface area contributed by atoms with E-state index in [1.54, 1.807) is 45.9 Å². The van der Waals surface area contributed by atoms with Gasteiger partial charge >= 0.3 is 23.6 Å². The number of aromatic hydroxyl groups is 1. The molecular formula is C39H49N5O14. The molecule has 6 N–H and O–H groups in total. The van der Waals surface area contributed by atoms with Crippen LogP contribution in [0.4, 0.5) is 5.69 Å². The molecule has 58 heavy (non-hydrogen) atoms. The molecule has 4 atom stereocenters. The number of ether oxygens (including phenoxy) is 1. The van der Waals surface area contributed by atoms with E-state index in [1.807, 2.05) is 0 Å². The number of aryl methyl sites for hydroxylation is 2. The van der Waals surface area contributed by atoms with E-state index in [0.717, 1.165) is 17.0 Å². The van der Waals surface area contributed by atoms with Crippen LogP contribution < -0.4 is 16.0 Å². The van der Waals surface area contributed by atoms with Crippen LogP contribution in [-0.2, 0) is 44.7 Å². The molecule has 19 nitrogen and oxygen atoms in total. The lowest BCUT2D eigenvalue weighted by Gasteiger charge is -2.37. The second-order valence-electron chi connectivity index (χ2n) is 14.5. The van der Waals surface area contributed by atoms with Gasteiger partial charge in [0.1, 0.15) is 24.2 Å². The maximum Gasteiger partial charge on any atom is 0.339 e. The number of benzene rings is 2. The van der Waals surface area contributed by atoms with Gasteiger partial charge in [-0.05, 0) is 74.6 Å². The van der Waals surface area contributed by atoms with Gasteiger partial charge in [0.25, 0.3) is 0 Å². The standard InChI is InChI=1S/C39H49N5O14/c1-21(2)16-27(40-32(47)18-24-11-13-30(45)29(17-24)44(56)57)36(52)41-25(12-14-33(48)49)38(54)43-15-6-5-10-28(43)37(53)42-26(19-34(50)51)31(46)20-58-39(55)35-22(3)8-7-9-23(35)4/h7-9,11,13,17,21,25-28,45H,5-6,10,12,14-16,18-20H2,1-4H3,(H,40,47)(H,41,52)(H,42,53)(H,48,49)(H,50,51)/t25-,26-,27-,28+/m0/s1. The number of nitrogens with zero attached hydrogens (tertiary/aromatic N) is 2. The number of amides is 4. The van der Waals surface area contributed by atoms with Crippen LogP contribution >= 0.6 is 0 Å². The molecule has 0 saturated carbocycles. The highest BCUT2D eigenvalue weighted by Crippen LogP contribution is 2.27. The van der Waals surface area contributed by atoms with Crippen LogP contribution in [-0.4, -0.2) is 110 Å². The molecule has 0 bridgehead atoms. The average molecular weight is 812 g/mol. The van der Waals surface area contributed by atoms with Crippen LogP contribution in [0, 0.1) is 29.9 Å². The van der Waals surface area contributed by atoms with E-state index in [4.69, 9.17) is 4.74 Å². The van der Waals surface area contributed by atoms with Crippen molar-refractivity contribution in [1.82, 2.24) is 20.9 Å². The molecule has 4 amide bonds. The fourth-order valence-corrected chi connectivity index (χ4v) is 6.56. The van der Waals surface area contributed by atoms with Crippen LogP contribution in [0.5, 0.6) is 5.75 Å². The summed E-state index contributed by atoms with van der Waals surface area (Å²) in [6.45, 7) is 6.01. The number of piperidine rings is 1. The van der Waals surface area contributed by atoms with E-state index in [1.165, 1.54) is 6.07 Å². The van der Waals surface area contributed by atoms with Crippen molar-refractivity contribution in [1.29, 1.82) is 0 Å². The zero-order valence-electron chi connectivity index (χ0n) is 32.6. The van der Waals surface area contributed by atoms with E-state index < -0.39 is 120 Å². The lowest BCUT2D eigenvalue weighted by Crippen LogP contribution is -2.60. The molecule has 314 valence electrons. The Morgan fingerprint density at radius 1 is 0.914 bits per heavy atom. The number of rotatable bonds is 20. The lowest BCUT2D eigenvalue weighted by atomic mass is 9.97. The summed E-state index contributed by atoms with van der Waals surface area (Å²) >= 11 is 0. The highest BCUT2D eigenvalue weighted by Gasteiger charge is 2.39. The summed E-state index contributed by atoms with van der Waals surface area (Å²) in [5, 5.41) is 47.4. The Balaban J connectivity index is 1.79. The van der Waals surface area contributed by atoms with Crippen LogP contribution in [0.2, 0.25) is 0 Å². The van der Waals surface area contributed by atoms with Crippen molar-refractivity contribution in [3.05, 3.63) is 68.8 Å². The summed E-state index contributed by atoms with van der Waals surface area (Å²) in [7, 11) is 0. The highest BCUT2D eigenvalue weighted by atomic mass is 16.6. The third-order valence-electron chi connectivity index (χ3n) is 9.42. The number of likely N-dealkylation sites (tertiary alicyclic amines) is 1. The second kappa shape index (κ2) is 21.2. The van der Waals surface area contributed by atoms with Gasteiger partial charge in [0.15, 0.2) is 18.1 Å². The minimum atomic E-state index is -1.65. The lowest BCUT2D eigenvalue weighted by molar-refractivity contribution is -0.385. The molecule has 0 aromatic heterocycles. The van der Waals surface area contributed by atoms with Crippen molar-refractivity contribution in [2.45, 2.75) is 103 Å². The number of nitrogens with one attached hydrogen (secondary N) is 3. The van der Waals surface area contributed by atoms with Gasteiger partial charge < -0.3 is 40.9 Å². The number of ketones is 1. The van der Waals surface area contributed by atoms with Crippen LogP contribution in [0.3, 0.4) is 0 Å². The van der Waals surface area contributed by atoms with Crippen molar-refractivity contribution in [3.8, 4) is 5.75 Å². The van der Waals surface area contributed by atoms with Crippen LogP contribution in [0.15, 0.2) is 36.4 Å². The van der Waals surface area contributed by atoms with Crippen molar-refractivity contribution in [2.24, 2.45) is 5.92 Å². The third-order valence-corrected chi connectivity index (χ3v) is 9.42. The van der Waals surface area contributed by atoms with Gasteiger partial charge in [0.05, 0.1) is 23.3 Å². The summed E-state index contributed by atoms with van der Waals surface area (Å²) in [5.74, 6) is -8.53. The Morgan fingerprint density at radius 3 is 2.19 bits per heavy atom. The maximum atomic E-state index is 14.1. The normalized spacial score (nSPS) is 15.3. The number of carbonyl (C=O) groups is 8. The molecule has 1 aliphatic rings. The molecule has 0 radical (unpaired) electrons. The summed E-state index contributed by atoms with van der Waals surface area (Å²) < 4.78 is 5.18. The molecule has 0 spiro atoms. The topological polar surface area (TPSA) is 289 Å². The van der Waals surface area contributed by atoms with Gasteiger partial charge in [0, 0.05) is 19.0 Å². The predicted molar refractivity (Wildman–Crippen MR) is 203 cm³/mol. The Morgan fingerprint density at radius 2 is 1.59 bits per heavy atom. The quantitative estimate of drug-likeness (QED) is 0.0635. The van der Waals surface area contributed by atoms with Gasteiger partial charge in [-0.3, -0.25) is 43.7 Å². The molecule has 1 aliphatic heterocycles. The summed E-state index contributed by atoms with van der Waals surface area (Å²) in [6, 6.07) is 2.81. The summed E-state index contributed by atoms with van der Waals surface area (Å²) in [6.07, 6.45) is -1.23. The SMILES string of the molecule is Cc1cccc(C)c1C(=O)OCC(=O)[C@H](CC(=O)O)NC(=O)[C@H]1CCCCN1C(=O)[C@H](CCC(=O)O)NC(=O)[C@H](CC(C)C)NC(=O)Cc1ccc(O)c([N+](=O)[O-])c1. The number of hydrogen-bond donors (Lipinski definition) is 6. The average Bonchev–Trinajstić information content (AvgIpc) is 3.14. The van der Waals surface area contributed by atoms with E-state index in [0.29, 0.717) is 24.0 Å². The van der Waals surface area contributed by atoms with Crippen molar-refractivity contribution in [3.63, 3.8) is 0 Å². The van der Waals surface area contributed by atoms with Crippen molar-refractivity contribution >= 4 is 53.0 Å². The van der Waals surface area contributed by atoms with Crippen LogP contribution in [0.1, 0.15) is 85.8 Å². The predicted octanol–water partition coefficient (Wildman–Crippen LogP) is 2.11. The fourth-order valence-electron chi connectivity index (χ4n) is 6.56. The monoisotopic (exact) mass is 811 g/mol. The molecule has 0 unspecified atom stereocenters. The molecule has 0 aliphatic carbocycles. The molecule has 3 rings (SSSR count). The number of phenolic OH excluding ortho intramolecular Hbond substituents is 1. The summed E-state index contributed by atoms with van der Waals surface area (Å²) in [5.41, 5.74) is 0.961. The van der Waals surface area contributed by atoms with Gasteiger partial charge in [0.2, 0.25) is 23.6 Å². The summed E-state index contributed by atoms with van der Waals surface area (Å²) in [4.78, 5) is 115. The third kappa shape index (κ3) is 13.4.